The van der Waals surface area contributed by atoms with E-state index in [0.29, 0.717) is 6.61 Å². The van der Waals surface area contributed by atoms with E-state index in [1.807, 2.05) is 0 Å². The van der Waals surface area contributed by atoms with E-state index in [4.69, 9.17) is 9.57 Å². The van der Waals surface area contributed by atoms with Crippen molar-refractivity contribution in [2.45, 2.75) is 64.9 Å². The summed E-state index contributed by atoms with van der Waals surface area (Å²) in [4.78, 5) is 30.0. The zero-order valence-electron chi connectivity index (χ0n) is 12.6. The Morgan fingerprint density at radius 2 is 2.00 bits per heavy atom. The molecule has 20 heavy (non-hydrogen) atoms. The molecule has 1 aliphatic heterocycles. The number of amides is 2. The Labute approximate surface area is 118 Å². The number of carbonyl (C=O) groups excluding carboxylic acids is 2. The molecule has 1 N–H and O–H groups in total. The third-order valence-electron chi connectivity index (χ3n) is 2.97. The van der Waals surface area contributed by atoms with Gasteiger partial charge >= 0.3 is 6.09 Å². The molecule has 1 fully saturated rings. The minimum Gasteiger partial charge on any atom is -0.444 e. The summed E-state index contributed by atoms with van der Waals surface area (Å²) in [6.45, 7) is 8.71. The SMILES string of the molecule is CCONC(=O)[C@@H]1C[C@@H](F)[C@H](C)N1C(=O)OC(C)(C)C. The van der Waals surface area contributed by atoms with Crippen LogP contribution in [0.2, 0.25) is 0 Å². The summed E-state index contributed by atoms with van der Waals surface area (Å²) in [6.07, 6.45) is -2.01. The van der Waals surface area contributed by atoms with Gasteiger partial charge < -0.3 is 4.74 Å². The second-order valence-electron chi connectivity index (χ2n) is 5.80. The Bertz CT molecular complexity index is 370. The first-order chi connectivity index (χ1) is 9.17. The van der Waals surface area contributed by atoms with Crippen LogP contribution in [0.1, 0.15) is 41.0 Å². The summed E-state index contributed by atoms with van der Waals surface area (Å²) in [6, 6.07) is -1.62. The van der Waals surface area contributed by atoms with Gasteiger partial charge in [0, 0.05) is 6.42 Å². The molecule has 6 nitrogen and oxygen atoms in total. The number of carbonyl (C=O) groups is 2. The van der Waals surface area contributed by atoms with Gasteiger partial charge in [0.15, 0.2) is 0 Å². The molecule has 7 heteroatoms. The van der Waals surface area contributed by atoms with Crippen molar-refractivity contribution < 1.29 is 23.6 Å². The largest absolute Gasteiger partial charge is 0.444 e. The topological polar surface area (TPSA) is 67.9 Å². The second-order valence-corrected chi connectivity index (χ2v) is 5.80. The van der Waals surface area contributed by atoms with E-state index in [9.17, 15) is 14.0 Å². The third-order valence-corrected chi connectivity index (χ3v) is 2.97. The van der Waals surface area contributed by atoms with E-state index in [1.165, 1.54) is 0 Å². The van der Waals surface area contributed by atoms with Crippen molar-refractivity contribution in [3.05, 3.63) is 0 Å². The Balaban J connectivity index is 2.82. The van der Waals surface area contributed by atoms with Gasteiger partial charge in [0.2, 0.25) is 0 Å². The molecule has 0 saturated carbocycles. The number of nitrogens with one attached hydrogen (secondary N) is 1. The van der Waals surface area contributed by atoms with E-state index in [1.54, 1.807) is 34.6 Å². The molecule has 1 saturated heterocycles. The molecule has 1 aliphatic rings. The highest BCUT2D eigenvalue weighted by molar-refractivity contribution is 5.86. The Morgan fingerprint density at radius 1 is 1.40 bits per heavy atom. The standard InChI is InChI=1S/C13H23FN2O4/c1-6-19-15-11(17)10-7-9(14)8(2)16(10)12(18)20-13(3,4)5/h8-10H,6-7H2,1-5H3,(H,15,17)/t8-,9+,10-/m0/s1. The summed E-state index contributed by atoms with van der Waals surface area (Å²) in [5.41, 5.74) is 1.51. The fourth-order valence-corrected chi connectivity index (χ4v) is 2.03. The zero-order chi connectivity index (χ0) is 15.5. The first kappa shape index (κ1) is 16.7. The number of hydrogen-bond donors (Lipinski definition) is 1. The molecule has 0 unspecified atom stereocenters. The van der Waals surface area contributed by atoms with Crippen LogP contribution in [0.25, 0.3) is 0 Å². The molecule has 0 aliphatic carbocycles. The van der Waals surface area contributed by atoms with Gasteiger partial charge in [0.05, 0.1) is 12.6 Å². The van der Waals surface area contributed by atoms with Gasteiger partial charge in [-0.15, -0.1) is 0 Å². The van der Waals surface area contributed by atoms with Crippen molar-refractivity contribution in [3.63, 3.8) is 0 Å². The molecule has 0 aromatic carbocycles. The lowest BCUT2D eigenvalue weighted by Crippen LogP contribution is -2.50. The summed E-state index contributed by atoms with van der Waals surface area (Å²) >= 11 is 0. The second kappa shape index (κ2) is 6.39. The van der Waals surface area contributed by atoms with Crippen molar-refractivity contribution in [3.8, 4) is 0 Å². The summed E-state index contributed by atoms with van der Waals surface area (Å²) in [5, 5.41) is 0. The molecule has 0 aromatic heterocycles. The Morgan fingerprint density at radius 3 is 2.50 bits per heavy atom. The monoisotopic (exact) mass is 290 g/mol. The van der Waals surface area contributed by atoms with Crippen LogP contribution in [-0.2, 0) is 14.4 Å². The highest BCUT2D eigenvalue weighted by Gasteiger charge is 2.46. The number of hydrogen-bond acceptors (Lipinski definition) is 4. The van der Waals surface area contributed by atoms with Crippen molar-refractivity contribution in [1.82, 2.24) is 10.4 Å². The lowest BCUT2D eigenvalue weighted by atomic mass is 10.2. The molecule has 0 radical (unpaired) electrons. The van der Waals surface area contributed by atoms with E-state index in [0.717, 1.165) is 4.90 Å². The summed E-state index contributed by atoms with van der Waals surface area (Å²) in [5.74, 6) is -0.537. The van der Waals surface area contributed by atoms with Crippen LogP contribution in [-0.4, -0.2) is 47.4 Å². The number of alkyl halides is 1. The van der Waals surface area contributed by atoms with Gasteiger partial charge in [-0.25, -0.2) is 14.7 Å². The van der Waals surface area contributed by atoms with Crippen molar-refractivity contribution in [2.24, 2.45) is 0 Å². The highest BCUT2D eigenvalue weighted by atomic mass is 19.1. The predicted octanol–water partition coefficient (Wildman–Crippen LogP) is 1.79. The minimum atomic E-state index is -1.26. The smallest absolute Gasteiger partial charge is 0.411 e. The van der Waals surface area contributed by atoms with Crippen LogP contribution < -0.4 is 5.48 Å². The van der Waals surface area contributed by atoms with E-state index in [2.05, 4.69) is 5.48 Å². The van der Waals surface area contributed by atoms with Gasteiger partial charge in [0.1, 0.15) is 17.8 Å². The van der Waals surface area contributed by atoms with Gasteiger partial charge in [-0.1, -0.05) is 0 Å². The summed E-state index contributed by atoms with van der Waals surface area (Å²) in [7, 11) is 0. The number of rotatable bonds is 3. The van der Waals surface area contributed by atoms with Crippen molar-refractivity contribution in [2.75, 3.05) is 6.61 Å². The van der Waals surface area contributed by atoms with Crippen LogP contribution in [0.4, 0.5) is 9.18 Å². The fraction of sp³-hybridized carbons (Fsp3) is 0.846. The van der Waals surface area contributed by atoms with Crippen LogP contribution in [0.15, 0.2) is 0 Å². The van der Waals surface area contributed by atoms with Crippen molar-refractivity contribution in [1.29, 1.82) is 0 Å². The first-order valence-corrected chi connectivity index (χ1v) is 6.74. The molecular weight excluding hydrogens is 267 g/mol. The number of halogens is 1. The predicted molar refractivity (Wildman–Crippen MR) is 70.6 cm³/mol. The number of ether oxygens (including phenoxy) is 1. The maximum Gasteiger partial charge on any atom is 0.411 e. The van der Waals surface area contributed by atoms with Crippen LogP contribution in [0.3, 0.4) is 0 Å². The summed E-state index contributed by atoms with van der Waals surface area (Å²) < 4.78 is 19.0. The van der Waals surface area contributed by atoms with E-state index >= 15 is 0 Å². The molecule has 0 aromatic rings. The lowest BCUT2D eigenvalue weighted by Gasteiger charge is -2.30. The lowest BCUT2D eigenvalue weighted by molar-refractivity contribution is -0.138. The number of nitrogens with zero attached hydrogens (tertiary/aromatic N) is 1. The van der Waals surface area contributed by atoms with Gasteiger partial charge in [-0.3, -0.25) is 14.5 Å². The molecule has 2 amide bonds. The van der Waals surface area contributed by atoms with Gasteiger partial charge in [-0.05, 0) is 34.6 Å². The van der Waals surface area contributed by atoms with Crippen LogP contribution in [0, 0.1) is 0 Å². The van der Waals surface area contributed by atoms with Crippen LogP contribution in [0.5, 0.6) is 0 Å². The Hall–Kier alpha value is -1.37. The van der Waals surface area contributed by atoms with Gasteiger partial charge in [-0.2, -0.15) is 0 Å². The van der Waals surface area contributed by atoms with Crippen molar-refractivity contribution >= 4 is 12.0 Å². The minimum absolute atomic E-state index is 0.0562. The first-order valence-electron chi connectivity index (χ1n) is 6.74. The average Bonchev–Trinajstić information content (AvgIpc) is 2.61. The van der Waals surface area contributed by atoms with E-state index < -0.39 is 35.9 Å². The molecule has 1 heterocycles. The Kier molecular flexibility index (Phi) is 5.33. The molecule has 1 rings (SSSR count). The molecule has 0 bridgehead atoms. The van der Waals surface area contributed by atoms with Crippen LogP contribution >= 0.6 is 0 Å². The highest BCUT2D eigenvalue weighted by Crippen LogP contribution is 2.29. The maximum absolute atomic E-state index is 13.8. The average molecular weight is 290 g/mol. The van der Waals surface area contributed by atoms with E-state index in [-0.39, 0.29) is 6.42 Å². The molecule has 3 atom stereocenters. The normalized spacial score (nSPS) is 26.5. The van der Waals surface area contributed by atoms with Gasteiger partial charge in [0.25, 0.3) is 5.91 Å². The quantitative estimate of drug-likeness (QED) is 0.805. The molecule has 0 spiro atoms. The molecular formula is C13H23FN2O4. The fourth-order valence-electron chi connectivity index (χ4n) is 2.03. The maximum atomic E-state index is 13.8. The third kappa shape index (κ3) is 4.06. The molecule has 116 valence electrons. The number of likely N-dealkylation sites (tertiary alicyclic amines) is 1. The zero-order valence-corrected chi connectivity index (χ0v) is 12.6. The number of hydroxylamine groups is 1.